The summed E-state index contributed by atoms with van der Waals surface area (Å²) in [5.41, 5.74) is 7.90. The van der Waals surface area contributed by atoms with Crippen molar-refractivity contribution in [3.8, 4) is 0 Å². The molecule has 0 saturated heterocycles. The molecule has 92 valence electrons. The molecule has 0 atom stereocenters. The second kappa shape index (κ2) is 5.22. The van der Waals surface area contributed by atoms with Gasteiger partial charge in [-0.15, -0.1) is 0 Å². The van der Waals surface area contributed by atoms with Gasteiger partial charge in [-0.2, -0.15) is 0 Å². The highest BCUT2D eigenvalue weighted by Gasteiger charge is 1.98. The Bertz CT molecular complexity index is 572. The molecule has 0 unspecified atom stereocenters. The monoisotopic (exact) mass is 236 g/mol. The van der Waals surface area contributed by atoms with Crippen LogP contribution in [0.2, 0.25) is 0 Å². The first kappa shape index (κ1) is 12.6. The lowest BCUT2D eigenvalue weighted by Gasteiger charge is -2.06. The molecule has 2 aromatic rings. The topological polar surface area (TPSA) is 0 Å². The fourth-order valence-electron chi connectivity index (χ4n) is 2.03. The van der Waals surface area contributed by atoms with Crippen LogP contribution < -0.4 is 0 Å². The van der Waals surface area contributed by atoms with Gasteiger partial charge in [0.25, 0.3) is 0 Å². The van der Waals surface area contributed by atoms with Crippen molar-refractivity contribution in [1.82, 2.24) is 0 Å². The molecule has 0 heteroatoms. The van der Waals surface area contributed by atoms with Gasteiger partial charge in [0.05, 0.1) is 0 Å². The summed E-state index contributed by atoms with van der Waals surface area (Å²) in [6.45, 7) is 8.61. The Morgan fingerprint density at radius 1 is 0.667 bits per heavy atom. The summed E-state index contributed by atoms with van der Waals surface area (Å²) in [6.07, 6.45) is 4.38. The van der Waals surface area contributed by atoms with Crippen LogP contribution in [0.3, 0.4) is 0 Å². The normalized spacial score (nSPS) is 11.1. The largest absolute Gasteiger partial charge is 0.0587 e. The van der Waals surface area contributed by atoms with E-state index in [0.717, 1.165) is 0 Å². The highest BCUT2D eigenvalue weighted by Crippen LogP contribution is 2.18. The van der Waals surface area contributed by atoms with Crippen molar-refractivity contribution >= 4 is 12.2 Å². The van der Waals surface area contributed by atoms with Gasteiger partial charge in [0.1, 0.15) is 0 Å². The Labute approximate surface area is 110 Å². The van der Waals surface area contributed by atoms with Gasteiger partial charge in [-0.05, 0) is 55.5 Å². The van der Waals surface area contributed by atoms with E-state index in [4.69, 9.17) is 0 Å². The van der Waals surface area contributed by atoms with E-state index in [2.05, 4.69) is 76.2 Å². The molecular formula is C18H20. The molecule has 0 radical (unpaired) electrons. The third-order valence-corrected chi connectivity index (χ3v) is 3.42. The average molecular weight is 236 g/mol. The Morgan fingerprint density at radius 3 is 1.94 bits per heavy atom. The molecule has 0 aromatic heterocycles. The minimum absolute atomic E-state index is 1.25. The molecule has 0 aliphatic rings. The summed E-state index contributed by atoms with van der Waals surface area (Å²) in [5.74, 6) is 0. The maximum absolute atomic E-state index is 2.26. The highest BCUT2D eigenvalue weighted by molar-refractivity contribution is 5.71. The predicted molar refractivity (Wildman–Crippen MR) is 80.8 cm³/mol. The number of hydrogen-bond acceptors (Lipinski definition) is 0. The SMILES string of the molecule is Cc1ccc(/C=C/c2cc(C)c(C)cc2C)cc1. The van der Waals surface area contributed by atoms with Gasteiger partial charge in [0.2, 0.25) is 0 Å². The van der Waals surface area contributed by atoms with Crippen molar-refractivity contribution in [1.29, 1.82) is 0 Å². The molecule has 0 heterocycles. The van der Waals surface area contributed by atoms with Gasteiger partial charge in [-0.3, -0.25) is 0 Å². The predicted octanol–water partition coefficient (Wildman–Crippen LogP) is 5.09. The Kier molecular flexibility index (Phi) is 3.66. The van der Waals surface area contributed by atoms with E-state index in [1.165, 1.54) is 33.4 Å². The third kappa shape index (κ3) is 2.89. The van der Waals surface area contributed by atoms with E-state index >= 15 is 0 Å². The first-order chi connectivity index (χ1) is 8.56. The van der Waals surface area contributed by atoms with Gasteiger partial charge in [0, 0.05) is 0 Å². The number of aryl methyl sites for hydroxylation is 4. The molecule has 0 saturated carbocycles. The van der Waals surface area contributed by atoms with Gasteiger partial charge < -0.3 is 0 Å². The van der Waals surface area contributed by atoms with Crippen molar-refractivity contribution in [2.24, 2.45) is 0 Å². The molecule has 2 rings (SSSR count). The summed E-state index contributed by atoms with van der Waals surface area (Å²) < 4.78 is 0. The van der Waals surface area contributed by atoms with Crippen molar-refractivity contribution in [3.63, 3.8) is 0 Å². The van der Waals surface area contributed by atoms with Crippen LogP contribution in [-0.2, 0) is 0 Å². The maximum atomic E-state index is 2.26. The molecule has 0 aliphatic carbocycles. The molecule has 0 aliphatic heterocycles. The smallest absolute Gasteiger partial charge is 0.0224 e. The van der Waals surface area contributed by atoms with Gasteiger partial charge >= 0.3 is 0 Å². The molecule has 18 heavy (non-hydrogen) atoms. The molecule has 0 nitrogen and oxygen atoms in total. The quantitative estimate of drug-likeness (QED) is 0.637. The number of rotatable bonds is 2. The number of hydrogen-bond donors (Lipinski definition) is 0. The lowest BCUT2D eigenvalue weighted by molar-refractivity contribution is 1.29. The van der Waals surface area contributed by atoms with Crippen LogP contribution in [0.5, 0.6) is 0 Å². The number of benzene rings is 2. The summed E-state index contributed by atoms with van der Waals surface area (Å²) in [4.78, 5) is 0. The average Bonchev–Trinajstić information content (AvgIpc) is 2.34. The van der Waals surface area contributed by atoms with Crippen molar-refractivity contribution in [2.45, 2.75) is 27.7 Å². The van der Waals surface area contributed by atoms with Crippen LogP contribution >= 0.6 is 0 Å². The Morgan fingerprint density at radius 2 is 1.28 bits per heavy atom. The summed E-state index contributed by atoms with van der Waals surface area (Å²) in [7, 11) is 0. The van der Waals surface area contributed by atoms with Gasteiger partial charge in [-0.1, -0.05) is 54.1 Å². The molecular weight excluding hydrogens is 216 g/mol. The molecule has 0 amide bonds. The van der Waals surface area contributed by atoms with Crippen molar-refractivity contribution in [3.05, 3.63) is 69.8 Å². The van der Waals surface area contributed by atoms with E-state index < -0.39 is 0 Å². The second-order valence-corrected chi connectivity index (χ2v) is 5.04. The van der Waals surface area contributed by atoms with E-state index in [0.29, 0.717) is 0 Å². The van der Waals surface area contributed by atoms with Crippen LogP contribution in [-0.4, -0.2) is 0 Å². The highest BCUT2D eigenvalue weighted by atomic mass is 14.0. The zero-order valence-corrected chi connectivity index (χ0v) is 11.6. The molecule has 2 aromatic carbocycles. The van der Waals surface area contributed by atoms with Crippen LogP contribution in [0.15, 0.2) is 36.4 Å². The molecule has 0 bridgehead atoms. The van der Waals surface area contributed by atoms with Crippen LogP contribution in [0, 0.1) is 27.7 Å². The molecule has 0 fully saturated rings. The van der Waals surface area contributed by atoms with E-state index in [1.54, 1.807) is 0 Å². The summed E-state index contributed by atoms with van der Waals surface area (Å²) in [5, 5.41) is 0. The summed E-state index contributed by atoms with van der Waals surface area (Å²) >= 11 is 0. The lowest BCUT2D eigenvalue weighted by atomic mass is 10.00. The van der Waals surface area contributed by atoms with Crippen LogP contribution in [0.4, 0.5) is 0 Å². The fraction of sp³-hybridized carbons (Fsp3) is 0.222. The van der Waals surface area contributed by atoms with E-state index in [9.17, 15) is 0 Å². The summed E-state index contributed by atoms with van der Waals surface area (Å²) in [6, 6.07) is 13.1. The van der Waals surface area contributed by atoms with Crippen molar-refractivity contribution in [2.75, 3.05) is 0 Å². The van der Waals surface area contributed by atoms with E-state index in [1.807, 2.05) is 0 Å². The second-order valence-electron chi connectivity index (χ2n) is 5.04. The van der Waals surface area contributed by atoms with E-state index in [-0.39, 0.29) is 0 Å². The maximum Gasteiger partial charge on any atom is -0.0224 e. The molecule has 0 spiro atoms. The van der Waals surface area contributed by atoms with Crippen molar-refractivity contribution < 1.29 is 0 Å². The zero-order valence-electron chi connectivity index (χ0n) is 11.6. The fourth-order valence-corrected chi connectivity index (χ4v) is 2.03. The third-order valence-electron chi connectivity index (χ3n) is 3.42. The Hall–Kier alpha value is -1.82. The lowest BCUT2D eigenvalue weighted by Crippen LogP contribution is -1.87. The molecule has 0 N–H and O–H groups in total. The minimum atomic E-state index is 1.25. The minimum Gasteiger partial charge on any atom is -0.0587 e. The standard InChI is InChI=1S/C18H20/c1-13-5-7-17(8-6-13)9-10-18-12-15(3)14(2)11-16(18)4/h5-12H,1-4H3/b10-9+. The zero-order chi connectivity index (χ0) is 13.1. The first-order valence-corrected chi connectivity index (χ1v) is 6.39. The first-order valence-electron chi connectivity index (χ1n) is 6.39. The van der Waals surface area contributed by atoms with Crippen LogP contribution in [0.25, 0.3) is 12.2 Å². The van der Waals surface area contributed by atoms with Crippen LogP contribution in [0.1, 0.15) is 33.4 Å². The van der Waals surface area contributed by atoms with Gasteiger partial charge in [0.15, 0.2) is 0 Å². The Balaban J connectivity index is 2.28. The van der Waals surface area contributed by atoms with Gasteiger partial charge in [-0.25, -0.2) is 0 Å².